The van der Waals surface area contributed by atoms with Crippen LogP contribution in [0.1, 0.15) is 193 Å². The maximum absolute atomic E-state index is 2.34. The van der Waals surface area contributed by atoms with Gasteiger partial charge in [-0.1, -0.05) is 286 Å². The maximum atomic E-state index is 2.34. The van der Waals surface area contributed by atoms with Crippen molar-refractivity contribution in [2.75, 3.05) is 0 Å². The minimum absolute atomic E-state index is 0.783. The molecule has 4 aromatic rings. The Bertz CT molecular complexity index is 1370. The van der Waals surface area contributed by atoms with E-state index in [4.69, 9.17) is 0 Å². The van der Waals surface area contributed by atoms with E-state index in [0.29, 0.717) is 0 Å². The monoisotopic (exact) mass is 853 g/mol. The third-order valence-electron chi connectivity index (χ3n) is 11.3. The van der Waals surface area contributed by atoms with Crippen molar-refractivity contribution in [1.29, 1.82) is 0 Å². The molecule has 0 saturated heterocycles. The summed E-state index contributed by atoms with van der Waals surface area (Å²) in [6.07, 6.45) is 10.2. The smallest absolute Gasteiger partial charge is 0.0248 e. The second kappa shape index (κ2) is 45.9. The molecule has 0 aliphatic carbocycles. The van der Waals surface area contributed by atoms with E-state index >= 15 is 0 Å². The van der Waals surface area contributed by atoms with Crippen LogP contribution in [0, 0.1) is 53.3 Å². The van der Waals surface area contributed by atoms with Crippen LogP contribution >= 0.6 is 0 Å². The Morgan fingerprint density at radius 1 is 0.323 bits per heavy atom. The molecule has 0 nitrogen and oxygen atoms in total. The lowest BCUT2D eigenvalue weighted by Crippen LogP contribution is -2.14. The summed E-state index contributed by atoms with van der Waals surface area (Å²) in [6, 6.07) is 43.2. The van der Waals surface area contributed by atoms with Crippen LogP contribution in [-0.4, -0.2) is 0 Å². The van der Waals surface area contributed by atoms with Crippen LogP contribution in [-0.2, 0) is 25.7 Å². The summed E-state index contributed by atoms with van der Waals surface area (Å²) >= 11 is 0. The number of benzene rings is 4. The van der Waals surface area contributed by atoms with Gasteiger partial charge in [0.05, 0.1) is 0 Å². The van der Waals surface area contributed by atoms with Gasteiger partial charge in [0.15, 0.2) is 0 Å². The highest BCUT2D eigenvalue weighted by Crippen LogP contribution is 2.25. The lowest BCUT2D eigenvalue weighted by Gasteiger charge is -2.22. The van der Waals surface area contributed by atoms with E-state index in [-0.39, 0.29) is 0 Å². The van der Waals surface area contributed by atoms with Gasteiger partial charge in [-0.25, -0.2) is 0 Å². The Labute approximate surface area is 392 Å². The molecule has 0 unspecified atom stereocenters. The lowest BCUT2D eigenvalue weighted by molar-refractivity contribution is 0.315. The summed E-state index contributed by atoms with van der Waals surface area (Å²) in [5.41, 5.74) is 5.90. The van der Waals surface area contributed by atoms with Crippen LogP contribution < -0.4 is 0 Å². The second-order valence-corrected chi connectivity index (χ2v) is 17.8. The van der Waals surface area contributed by atoms with Gasteiger partial charge >= 0.3 is 0 Å². The van der Waals surface area contributed by atoms with E-state index in [9.17, 15) is 0 Å². The zero-order valence-corrected chi connectivity index (χ0v) is 45.4. The zero-order valence-electron chi connectivity index (χ0n) is 45.4. The van der Waals surface area contributed by atoms with Crippen molar-refractivity contribution >= 4 is 0 Å². The molecular formula is C62H108. The zero-order chi connectivity index (χ0) is 48.3. The molecule has 0 heterocycles. The van der Waals surface area contributed by atoms with Crippen molar-refractivity contribution in [3.8, 4) is 0 Å². The van der Waals surface area contributed by atoms with Gasteiger partial charge in [0.2, 0.25) is 0 Å². The third-order valence-corrected chi connectivity index (χ3v) is 11.3. The first-order valence-electron chi connectivity index (χ1n) is 25.9. The standard InChI is InChI=1S/C15H24.C14H22.C13H20.C12H18.4C2H6/c1-12(2)10-15(13(3)4)11-14-8-6-5-7-9-14;1-4-8-14(12(2)3)11-13-9-6-5-7-10-13;1-4-13(11(2)3)10-12-8-6-5-7-9-12;1-10(2)11(3)9-12-7-5-4-6-8-12;4*1-2/h5-9,12-13,15H,10-11H2,1-4H3;5-7,9-10,12,14H,4,8,11H2,1-3H3;5-9,11,13H,4,10H2,1-3H3;4-8,10-11H,9H2,1-3H3;4*1-2H3/t15-;14-;13-;11-;;;;/m1111..../s1. The van der Waals surface area contributed by atoms with E-state index in [0.717, 1.165) is 53.3 Å². The number of hydrogen-bond acceptors (Lipinski definition) is 0. The van der Waals surface area contributed by atoms with Gasteiger partial charge in [0, 0.05) is 0 Å². The molecule has 0 heteroatoms. The molecule has 0 spiro atoms. The quantitative estimate of drug-likeness (QED) is 0.0993. The Morgan fingerprint density at radius 3 is 0.839 bits per heavy atom. The van der Waals surface area contributed by atoms with Gasteiger partial charge in [0.25, 0.3) is 0 Å². The van der Waals surface area contributed by atoms with E-state index in [1.54, 1.807) is 0 Å². The highest BCUT2D eigenvalue weighted by atomic mass is 14.2. The molecule has 0 aliphatic rings. The predicted octanol–water partition coefficient (Wildman–Crippen LogP) is 20.4. The first-order valence-corrected chi connectivity index (χ1v) is 25.9. The van der Waals surface area contributed by atoms with Crippen molar-refractivity contribution in [3.63, 3.8) is 0 Å². The van der Waals surface area contributed by atoms with Crippen LogP contribution in [0.5, 0.6) is 0 Å². The van der Waals surface area contributed by atoms with E-state index in [1.165, 1.54) is 73.6 Å². The molecule has 0 saturated carbocycles. The molecule has 0 bridgehead atoms. The third kappa shape index (κ3) is 36.4. The molecular weight excluding hydrogens is 745 g/mol. The Kier molecular flexibility index (Phi) is 48.5. The normalized spacial score (nSPS) is 12.0. The van der Waals surface area contributed by atoms with E-state index in [1.807, 2.05) is 55.4 Å². The van der Waals surface area contributed by atoms with Gasteiger partial charge < -0.3 is 0 Å². The molecule has 0 radical (unpaired) electrons. The maximum Gasteiger partial charge on any atom is -0.0248 e. The second-order valence-electron chi connectivity index (χ2n) is 17.8. The van der Waals surface area contributed by atoms with Crippen LogP contribution in [0.4, 0.5) is 0 Å². The Morgan fingerprint density at radius 2 is 0.597 bits per heavy atom. The summed E-state index contributed by atoms with van der Waals surface area (Å²) in [6.45, 7) is 46.1. The van der Waals surface area contributed by atoms with Crippen molar-refractivity contribution in [2.24, 2.45) is 53.3 Å². The van der Waals surface area contributed by atoms with Gasteiger partial charge in [-0.05, 0) is 108 Å². The average molecular weight is 854 g/mol. The molecule has 4 rings (SSSR count). The van der Waals surface area contributed by atoms with Crippen molar-refractivity contribution < 1.29 is 0 Å². The summed E-state index contributed by atoms with van der Waals surface area (Å²) in [5, 5.41) is 0. The predicted molar refractivity (Wildman–Crippen MR) is 290 cm³/mol. The number of hydrogen-bond donors (Lipinski definition) is 0. The average Bonchev–Trinajstić information content (AvgIpc) is 3.29. The largest absolute Gasteiger partial charge is 0.0683 e. The minimum atomic E-state index is 0.783. The summed E-state index contributed by atoms with van der Waals surface area (Å²) in [7, 11) is 0. The number of rotatable bonds is 17. The van der Waals surface area contributed by atoms with Crippen molar-refractivity contribution in [2.45, 2.75) is 197 Å². The fourth-order valence-corrected chi connectivity index (χ4v) is 7.06. The lowest BCUT2D eigenvalue weighted by atomic mass is 9.83. The molecule has 4 atom stereocenters. The molecule has 4 aromatic carbocycles. The van der Waals surface area contributed by atoms with Crippen molar-refractivity contribution in [1.82, 2.24) is 0 Å². The van der Waals surface area contributed by atoms with Crippen LogP contribution in [0.3, 0.4) is 0 Å². The molecule has 0 aromatic heterocycles. The van der Waals surface area contributed by atoms with Crippen LogP contribution in [0.15, 0.2) is 121 Å². The summed E-state index contributed by atoms with van der Waals surface area (Å²) in [4.78, 5) is 0. The first-order chi connectivity index (χ1) is 29.8. The Hall–Kier alpha value is -3.12. The molecule has 0 N–H and O–H groups in total. The fourth-order valence-electron chi connectivity index (χ4n) is 7.06. The summed E-state index contributed by atoms with van der Waals surface area (Å²) < 4.78 is 0. The van der Waals surface area contributed by atoms with Crippen molar-refractivity contribution in [3.05, 3.63) is 144 Å². The topological polar surface area (TPSA) is 0 Å². The minimum Gasteiger partial charge on any atom is -0.0683 e. The van der Waals surface area contributed by atoms with Gasteiger partial charge in [0.1, 0.15) is 0 Å². The molecule has 0 aliphatic heterocycles. The Balaban J connectivity index is -0.000000343. The van der Waals surface area contributed by atoms with Gasteiger partial charge in [-0.2, -0.15) is 0 Å². The highest BCUT2D eigenvalue weighted by Gasteiger charge is 2.16. The van der Waals surface area contributed by atoms with Crippen LogP contribution in [0.2, 0.25) is 0 Å². The molecule has 0 fully saturated rings. The molecule has 0 amide bonds. The fraction of sp³-hybridized carbons (Fsp3) is 0.613. The van der Waals surface area contributed by atoms with E-state index < -0.39 is 0 Å². The van der Waals surface area contributed by atoms with Gasteiger partial charge in [-0.15, -0.1) is 0 Å². The molecule has 62 heavy (non-hydrogen) atoms. The highest BCUT2D eigenvalue weighted by molar-refractivity contribution is 5.17. The summed E-state index contributed by atoms with van der Waals surface area (Å²) in [5.74, 6) is 7.27. The van der Waals surface area contributed by atoms with Gasteiger partial charge in [-0.3, -0.25) is 0 Å². The SMILES string of the molecule is CC.CC.CC.CC.CC(C)C[C@H](Cc1ccccc1)C(C)C.CC(C)[C@H](C)Cc1ccccc1.CCC[C@H](Cc1ccccc1)C(C)C.CC[C@H](Cc1ccccc1)C(C)C. The molecule has 356 valence electrons. The van der Waals surface area contributed by atoms with Crippen LogP contribution in [0.25, 0.3) is 0 Å². The van der Waals surface area contributed by atoms with E-state index in [2.05, 4.69) is 211 Å². The first kappa shape index (κ1) is 65.5.